The normalized spacial score (nSPS) is 34.2. The van der Waals surface area contributed by atoms with Crippen LogP contribution in [0.5, 0.6) is 0 Å². The molecule has 0 aliphatic heterocycles. The Kier molecular flexibility index (Phi) is 4.71. The van der Waals surface area contributed by atoms with Gasteiger partial charge in [0.15, 0.2) is 0 Å². The van der Waals surface area contributed by atoms with Gasteiger partial charge in [-0.25, -0.2) is 13.1 Å². The molecule has 0 saturated heterocycles. The number of benzene rings is 1. The van der Waals surface area contributed by atoms with Crippen LogP contribution >= 0.6 is 0 Å². The second-order valence-electron chi connectivity index (χ2n) is 9.51. The summed E-state index contributed by atoms with van der Waals surface area (Å²) in [6, 6.07) is 5.81. The SMILES string of the molecule is CCCC(NS(=O)(=O)c1cc(C)ccc1C)C12CC3CC(CC(C3)C1)C2. The number of sulfonamides is 1. The Balaban J connectivity index is 1.64. The van der Waals surface area contributed by atoms with Gasteiger partial charge in [-0.15, -0.1) is 0 Å². The van der Waals surface area contributed by atoms with Gasteiger partial charge in [0.2, 0.25) is 10.0 Å². The number of rotatable bonds is 6. The fraction of sp³-hybridized carbons (Fsp3) is 0.727. The fourth-order valence-corrected chi connectivity index (χ4v) is 8.33. The molecule has 26 heavy (non-hydrogen) atoms. The van der Waals surface area contributed by atoms with Crippen LogP contribution in [0.3, 0.4) is 0 Å². The first-order valence-electron chi connectivity index (χ1n) is 10.4. The molecular weight excluding hydrogens is 342 g/mol. The van der Waals surface area contributed by atoms with Crippen LogP contribution in [-0.4, -0.2) is 14.5 Å². The zero-order valence-electron chi connectivity index (χ0n) is 16.4. The quantitative estimate of drug-likeness (QED) is 0.763. The maximum absolute atomic E-state index is 13.3. The molecule has 4 aliphatic rings. The van der Waals surface area contributed by atoms with Crippen LogP contribution in [0.15, 0.2) is 23.1 Å². The number of nitrogens with one attached hydrogen (secondary N) is 1. The molecule has 4 saturated carbocycles. The van der Waals surface area contributed by atoms with Crippen molar-refractivity contribution in [3.05, 3.63) is 29.3 Å². The lowest BCUT2D eigenvalue weighted by atomic mass is 9.47. The Bertz CT molecular complexity index is 748. The summed E-state index contributed by atoms with van der Waals surface area (Å²) in [4.78, 5) is 0.461. The van der Waals surface area contributed by atoms with Crippen LogP contribution in [0.2, 0.25) is 0 Å². The summed E-state index contributed by atoms with van der Waals surface area (Å²) in [5.41, 5.74) is 2.04. The third kappa shape index (κ3) is 3.24. The van der Waals surface area contributed by atoms with Crippen LogP contribution < -0.4 is 4.72 Å². The predicted octanol–water partition coefficient (Wildman–Crippen LogP) is 4.97. The van der Waals surface area contributed by atoms with Gasteiger partial charge in [0.1, 0.15) is 0 Å². The second kappa shape index (κ2) is 6.63. The molecule has 0 heterocycles. The number of aryl methyl sites for hydroxylation is 2. The van der Waals surface area contributed by atoms with Gasteiger partial charge >= 0.3 is 0 Å². The minimum atomic E-state index is -3.48. The van der Waals surface area contributed by atoms with Gasteiger partial charge in [0.05, 0.1) is 4.90 Å². The van der Waals surface area contributed by atoms with Gasteiger partial charge in [-0.1, -0.05) is 25.5 Å². The van der Waals surface area contributed by atoms with E-state index in [1.54, 1.807) is 0 Å². The number of hydrogen-bond acceptors (Lipinski definition) is 2. The van der Waals surface area contributed by atoms with Gasteiger partial charge < -0.3 is 0 Å². The zero-order valence-corrected chi connectivity index (χ0v) is 17.2. The predicted molar refractivity (Wildman–Crippen MR) is 106 cm³/mol. The summed E-state index contributed by atoms with van der Waals surface area (Å²) in [6.07, 6.45) is 9.86. The van der Waals surface area contributed by atoms with Gasteiger partial charge in [-0.2, -0.15) is 0 Å². The smallest absolute Gasteiger partial charge is 0.208 e. The van der Waals surface area contributed by atoms with E-state index < -0.39 is 10.0 Å². The highest BCUT2D eigenvalue weighted by Crippen LogP contribution is 2.61. The first-order valence-corrected chi connectivity index (χ1v) is 11.9. The highest BCUT2D eigenvalue weighted by Gasteiger charge is 2.54. The molecule has 144 valence electrons. The van der Waals surface area contributed by atoms with Crippen molar-refractivity contribution in [3.8, 4) is 0 Å². The minimum absolute atomic E-state index is 0.0887. The molecule has 4 heteroatoms. The van der Waals surface area contributed by atoms with Gasteiger partial charge in [0.25, 0.3) is 0 Å². The van der Waals surface area contributed by atoms with Crippen LogP contribution in [-0.2, 0) is 10.0 Å². The summed E-state index contributed by atoms with van der Waals surface area (Å²) >= 11 is 0. The van der Waals surface area contributed by atoms with Crippen LogP contribution in [0.1, 0.15) is 69.4 Å². The van der Waals surface area contributed by atoms with E-state index in [1.165, 1.54) is 38.5 Å². The monoisotopic (exact) mass is 375 g/mol. The van der Waals surface area contributed by atoms with Crippen molar-refractivity contribution in [1.82, 2.24) is 4.72 Å². The van der Waals surface area contributed by atoms with Crippen LogP contribution in [0, 0.1) is 37.0 Å². The zero-order chi connectivity index (χ0) is 18.5. The van der Waals surface area contributed by atoms with Crippen molar-refractivity contribution < 1.29 is 8.42 Å². The van der Waals surface area contributed by atoms with E-state index in [0.717, 1.165) is 41.7 Å². The lowest BCUT2D eigenvalue weighted by Gasteiger charge is -2.59. The first kappa shape index (κ1) is 18.5. The molecule has 0 radical (unpaired) electrons. The van der Waals surface area contributed by atoms with E-state index in [2.05, 4.69) is 11.6 Å². The van der Waals surface area contributed by atoms with Crippen molar-refractivity contribution in [1.29, 1.82) is 0 Å². The van der Waals surface area contributed by atoms with E-state index in [0.29, 0.717) is 4.90 Å². The number of hydrogen-bond donors (Lipinski definition) is 1. The molecule has 3 nitrogen and oxygen atoms in total. The lowest BCUT2D eigenvalue weighted by Crippen LogP contribution is -2.56. The Morgan fingerprint density at radius 1 is 1.08 bits per heavy atom. The van der Waals surface area contributed by atoms with Crippen LogP contribution in [0.4, 0.5) is 0 Å². The molecule has 4 bridgehead atoms. The second-order valence-corrected chi connectivity index (χ2v) is 11.2. The molecule has 4 fully saturated rings. The van der Waals surface area contributed by atoms with Crippen LogP contribution in [0.25, 0.3) is 0 Å². The molecule has 0 amide bonds. The van der Waals surface area contributed by atoms with Gasteiger partial charge in [-0.3, -0.25) is 0 Å². The van der Waals surface area contributed by atoms with Crippen molar-refractivity contribution in [2.75, 3.05) is 0 Å². The average molecular weight is 376 g/mol. The summed E-state index contributed by atoms with van der Waals surface area (Å²) in [7, 11) is -3.48. The maximum Gasteiger partial charge on any atom is 0.241 e. The summed E-state index contributed by atoms with van der Waals surface area (Å²) in [5, 5.41) is 0. The summed E-state index contributed by atoms with van der Waals surface area (Å²) < 4.78 is 29.8. The highest BCUT2D eigenvalue weighted by molar-refractivity contribution is 7.89. The molecule has 0 aromatic heterocycles. The molecule has 1 unspecified atom stereocenters. The summed E-state index contributed by atoms with van der Waals surface area (Å²) in [5.74, 6) is 2.52. The standard InChI is InChI=1S/C22H33NO2S/c1-4-5-21(22-12-17-9-18(13-22)11-19(10-17)14-22)23-26(24,25)20-8-15(2)6-7-16(20)3/h6-8,17-19,21,23H,4-5,9-14H2,1-3H3. The largest absolute Gasteiger partial charge is 0.241 e. The molecule has 1 N–H and O–H groups in total. The molecule has 1 aromatic rings. The summed E-state index contributed by atoms with van der Waals surface area (Å²) in [6.45, 7) is 6.04. The minimum Gasteiger partial charge on any atom is -0.208 e. The maximum atomic E-state index is 13.3. The first-order chi connectivity index (χ1) is 12.3. The van der Waals surface area contributed by atoms with E-state index in [1.807, 2.05) is 32.0 Å². The molecule has 0 spiro atoms. The van der Waals surface area contributed by atoms with Crippen molar-refractivity contribution in [2.24, 2.45) is 23.2 Å². The van der Waals surface area contributed by atoms with E-state index in [9.17, 15) is 8.42 Å². The Labute approximate surface area is 159 Å². The molecule has 1 aromatic carbocycles. The molecule has 5 rings (SSSR count). The van der Waals surface area contributed by atoms with Gasteiger partial charge in [0, 0.05) is 6.04 Å². The third-order valence-electron chi connectivity index (χ3n) is 7.33. The van der Waals surface area contributed by atoms with E-state index in [4.69, 9.17) is 0 Å². The molecule has 4 aliphatic carbocycles. The topological polar surface area (TPSA) is 46.2 Å². The van der Waals surface area contributed by atoms with E-state index >= 15 is 0 Å². The van der Waals surface area contributed by atoms with Crippen molar-refractivity contribution in [2.45, 2.75) is 83.1 Å². The third-order valence-corrected chi connectivity index (χ3v) is 8.95. The van der Waals surface area contributed by atoms with Gasteiger partial charge in [-0.05, 0) is 99.2 Å². The van der Waals surface area contributed by atoms with Crippen molar-refractivity contribution in [3.63, 3.8) is 0 Å². The lowest BCUT2D eigenvalue weighted by molar-refractivity contribution is -0.0712. The highest BCUT2D eigenvalue weighted by atomic mass is 32.2. The Hall–Kier alpha value is -0.870. The Morgan fingerprint density at radius 2 is 1.65 bits per heavy atom. The molecular formula is C22H33NO2S. The average Bonchev–Trinajstić information content (AvgIpc) is 2.55. The molecule has 1 atom stereocenters. The fourth-order valence-electron chi connectivity index (χ4n) is 6.63. The van der Waals surface area contributed by atoms with Crippen molar-refractivity contribution >= 4 is 10.0 Å². The Morgan fingerprint density at radius 3 is 2.19 bits per heavy atom. The van der Waals surface area contributed by atoms with E-state index in [-0.39, 0.29) is 11.5 Å².